The molecule has 2 aromatic carbocycles. The molecule has 2 aromatic rings. The van der Waals surface area contributed by atoms with Crippen LogP contribution in [-0.2, 0) is 6.42 Å². The number of carbonyl (C=O) groups excluding carboxylic acids is 1. The number of phenolic OH excluding ortho intramolecular Hbond substituents is 1. The molecular weight excluding hydrogens is 390 g/mol. The van der Waals surface area contributed by atoms with Crippen LogP contribution in [0.5, 0.6) is 5.75 Å². The molecule has 7 heteroatoms. The van der Waals surface area contributed by atoms with Gasteiger partial charge in [-0.15, -0.1) is 0 Å². The highest BCUT2D eigenvalue weighted by molar-refractivity contribution is 6.11. The largest absolute Gasteiger partial charge is 0.508 e. The average molecular weight is 418 g/mol. The maximum absolute atomic E-state index is 12.2. The second-order valence-electron chi connectivity index (χ2n) is 8.55. The van der Waals surface area contributed by atoms with E-state index in [4.69, 9.17) is 4.99 Å². The Hall–Kier alpha value is -3.35. The van der Waals surface area contributed by atoms with E-state index in [-0.39, 0.29) is 11.8 Å². The lowest BCUT2D eigenvalue weighted by Crippen LogP contribution is -2.42. The van der Waals surface area contributed by atoms with Crippen LogP contribution in [0.15, 0.2) is 52.4 Å². The van der Waals surface area contributed by atoms with Gasteiger partial charge < -0.3 is 20.6 Å². The van der Waals surface area contributed by atoms with Crippen molar-refractivity contribution in [2.24, 2.45) is 15.9 Å². The van der Waals surface area contributed by atoms with Crippen LogP contribution in [-0.4, -0.2) is 41.9 Å². The number of aliphatic imine (C=N–C) groups is 2. The fourth-order valence-corrected chi connectivity index (χ4v) is 4.10. The molecule has 2 heterocycles. The van der Waals surface area contributed by atoms with Gasteiger partial charge in [-0.25, -0.2) is 0 Å². The number of anilines is 2. The van der Waals surface area contributed by atoms with E-state index in [0.29, 0.717) is 29.9 Å². The summed E-state index contributed by atoms with van der Waals surface area (Å²) in [4.78, 5) is 23.9. The molecule has 160 valence electrons. The molecule has 1 unspecified atom stereocenters. The van der Waals surface area contributed by atoms with Gasteiger partial charge in [0.25, 0.3) is 5.91 Å². The number of nitrogens with zero attached hydrogens (tertiary/aromatic N) is 3. The Kier molecular flexibility index (Phi) is 5.10. The Bertz CT molecular complexity index is 1060. The van der Waals surface area contributed by atoms with Gasteiger partial charge in [0.1, 0.15) is 11.6 Å². The Morgan fingerprint density at radius 1 is 1.16 bits per heavy atom. The van der Waals surface area contributed by atoms with Crippen molar-refractivity contribution in [3.05, 3.63) is 53.6 Å². The fraction of sp³-hybridized carbons (Fsp3) is 0.375. The van der Waals surface area contributed by atoms with Gasteiger partial charge in [-0.3, -0.25) is 9.79 Å². The number of amidine groups is 1. The maximum atomic E-state index is 12.2. The lowest BCUT2D eigenvalue weighted by Gasteiger charge is -2.35. The summed E-state index contributed by atoms with van der Waals surface area (Å²) in [6, 6.07) is 13.3. The van der Waals surface area contributed by atoms with Crippen molar-refractivity contribution in [2.75, 3.05) is 23.3 Å². The minimum atomic E-state index is -0.0204. The van der Waals surface area contributed by atoms with Crippen molar-refractivity contribution in [2.45, 2.75) is 38.6 Å². The minimum Gasteiger partial charge on any atom is -0.508 e. The summed E-state index contributed by atoms with van der Waals surface area (Å²) in [6.45, 7) is 3.70. The molecule has 31 heavy (non-hydrogen) atoms. The fourth-order valence-electron chi connectivity index (χ4n) is 4.10. The van der Waals surface area contributed by atoms with E-state index in [9.17, 15) is 9.90 Å². The van der Waals surface area contributed by atoms with Crippen molar-refractivity contribution in [1.82, 2.24) is 5.32 Å². The van der Waals surface area contributed by atoms with Crippen LogP contribution in [0.4, 0.5) is 11.4 Å². The summed E-state index contributed by atoms with van der Waals surface area (Å²) in [5, 5.41) is 16.1. The monoisotopic (exact) mass is 417 g/mol. The highest BCUT2D eigenvalue weighted by Gasteiger charge is 2.27. The van der Waals surface area contributed by atoms with Gasteiger partial charge >= 0.3 is 0 Å². The molecule has 1 fully saturated rings. The quantitative estimate of drug-likeness (QED) is 0.713. The lowest BCUT2D eigenvalue weighted by molar-refractivity contribution is 0.0951. The topological polar surface area (TPSA) is 89.3 Å². The first-order valence-corrected chi connectivity index (χ1v) is 11.0. The number of aryl methyl sites for hydroxylation is 1. The number of benzene rings is 2. The van der Waals surface area contributed by atoms with Gasteiger partial charge in [0.15, 0.2) is 0 Å². The van der Waals surface area contributed by atoms with Crippen LogP contribution >= 0.6 is 0 Å². The van der Waals surface area contributed by atoms with Crippen molar-refractivity contribution in [3.8, 4) is 5.75 Å². The van der Waals surface area contributed by atoms with Crippen molar-refractivity contribution in [3.63, 3.8) is 0 Å². The van der Waals surface area contributed by atoms with Crippen LogP contribution in [0.25, 0.3) is 0 Å². The Morgan fingerprint density at radius 3 is 2.74 bits per heavy atom. The summed E-state index contributed by atoms with van der Waals surface area (Å²) in [6.07, 6.45) is 4.13. The van der Waals surface area contributed by atoms with Crippen LogP contribution in [0, 0.1) is 5.92 Å². The molecule has 0 aromatic heterocycles. The van der Waals surface area contributed by atoms with E-state index in [2.05, 4.69) is 27.4 Å². The number of hydrogen-bond acceptors (Lipinski definition) is 6. The van der Waals surface area contributed by atoms with Gasteiger partial charge in [0.2, 0.25) is 5.96 Å². The number of guanidine groups is 1. The van der Waals surface area contributed by atoms with Gasteiger partial charge in [-0.1, -0.05) is 6.92 Å². The van der Waals surface area contributed by atoms with Crippen molar-refractivity contribution < 1.29 is 9.90 Å². The molecule has 7 nitrogen and oxygen atoms in total. The Labute approximate surface area is 181 Å². The number of phenols is 1. The first-order valence-electron chi connectivity index (χ1n) is 11.0. The van der Waals surface area contributed by atoms with Gasteiger partial charge in [-0.05, 0) is 73.7 Å². The van der Waals surface area contributed by atoms with E-state index >= 15 is 0 Å². The highest BCUT2D eigenvalue weighted by Crippen LogP contribution is 2.32. The SMILES string of the molecule is CC1CN=C(Nc2ccc(C(=O)NC3CC3)cc2)N=C1N1CCCc2cc(O)ccc21. The third-order valence-corrected chi connectivity index (χ3v) is 5.95. The molecule has 0 radical (unpaired) electrons. The van der Waals surface area contributed by atoms with Crippen LogP contribution in [0.1, 0.15) is 42.1 Å². The molecule has 3 N–H and O–H groups in total. The Balaban J connectivity index is 1.33. The number of aromatic hydroxyl groups is 1. The molecule has 5 rings (SSSR count). The molecule has 2 aliphatic heterocycles. The van der Waals surface area contributed by atoms with Gasteiger partial charge in [-0.2, -0.15) is 4.99 Å². The molecular formula is C24H27N5O2. The van der Waals surface area contributed by atoms with Gasteiger partial charge in [0.05, 0.1) is 6.54 Å². The summed E-state index contributed by atoms with van der Waals surface area (Å²) in [5.74, 6) is 2.06. The van der Waals surface area contributed by atoms with Crippen LogP contribution in [0.3, 0.4) is 0 Å². The molecule has 1 saturated carbocycles. The standard InChI is InChI=1S/C24H27N5O2/c1-15-14-25-24(27-19-6-4-16(5-7-19)23(31)26-18-8-9-18)28-22(15)29-12-2-3-17-13-20(30)10-11-21(17)29/h4-7,10-11,13,15,18,30H,2-3,8-9,12,14H2,1H3,(H,25,27)(H,26,31). The molecule has 0 saturated heterocycles. The van der Waals surface area contributed by atoms with Crippen molar-refractivity contribution >= 4 is 29.1 Å². The lowest BCUT2D eigenvalue weighted by atomic mass is 9.99. The number of rotatable bonds is 3. The van der Waals surface area contributed by atoms with E-state index < -0.39 is 0 Å². The first kappa shape index (κ1) is 19.6. The predicted octanol–water partition coefficient (Wildman–Crippen LogP) is 3.55. The zero-order valence-electron chi connectivity index (χ0n) is 17.6. The normalized spacial score (nSPS) is 20.4. The predicted molar refractivity (Wildman–Crippen MR) is 123 cm³/mol. The number of carbonyl (C=O) groups is 1. The number of nitrogens with one attached hydrogen (secondary N) is 2. The minimum absolute atomic E-state index is 0.0204. The summed E-state index contributed by atoms with van der Waals surface area (Å²) in [7, 11) is 0. The summed E-state index contributed by atoms with van der Waals surface area (Å²) >= 11 is 0. The molecule has 1 aliphatic carbocycles. The third-order valence-electron chi connectivity index (χ3n) is 5.95. The van der Waals surface area contributed by atoms with E-state index in [1.807, 2.05) is 36.4 Å². The molecule has 0 spiro atoms. The Morgan fingerprint density at radius 2 is 1.97 bits per heavy atom. The molecule has 1 amide bonds. The second kappa shape index (κ2) is 8.06. The molecule has 0 bridgehead atoms. The van der Waals surface area contributed by atoms with E-state index in [1.165, 1.54) is 0 Å². The second-order valence-corrected chi connectivity index (χ2v) is 8.55. The number of hydrogen-bond donors (Lipinski definition) is 3. The number of fused-ring (bicyclic) bond motifs is 1. The van der Waals surface area contributed by atoms with E-state index in [0.717, 1.165) is 55.0 Å². The van der Waals surface area contributed by atoms with Gasteiger partial charge in [0, 0.05) is 35.4 Å². The molecule has 1 atom stereocenters. The number of amides is 1. The summed E-state index contributed by atoms with van der Waals surface area (Å²) < 4.78 is 0. The smallest absolute Gasteiger partial charge is 0.251 e. The van der Waals surface area contributed by atoms with Crippen LogP contribution < -0.4 is 15.5 Å². The van der Waals surface area contributed by atoms with E-state index in [1.54, 1.807) is 6.07 Å². The zero-order chi connectivity index (χ0) is 21.4. The third kappa shape index (κ3) is 4.26. The van der Waals surface area contributed by atoms with Crippen LogP contribution in [0.2, 0.25) is 0 Å². The highest BCUT2D eigenvalue weighted by atomic mass is 16.3. The zero-order valence-corrected chi connectivity index (χ0v) is 17.6. The molecule has 3 aliphatic rings. The average Bonchev–Trinajstić information content (AvgIpc) is 3.59. The first-order chi connectivity index (χ1) is 15.1. The maximum Gasteiger partial charge on any atom is 0.251 e. The summed E-state index contributed by atoms with van der Waals surface area (Å²) in [5.41, 5.74) is 3.78. The van der Waals surface area contributed by atoms with Crippen molar-refractivity contribution in [1.29, 1.82) is 0 Å².